The first-order valence-corrected chi connectivity index (χ1v) is 6.65. The highest BCUT2D eigenvalue weighted by Crippen LogP contribution is 2.14. The van der Waals surface area contributed by atoms with Crippen LogP contribution in [0.1, 0.15) is 22.5 Å². The van der Waals surface area contributed by atoms with Crippen LogP contribution in [0.25, 0.3) is 0 Å². The summed E-state index contributed by atoms with van der Waals surface area (Å²) in [7, 11) is 0. The molecule has 0 atom stereocenters. The zero-order valence-electron chi connectivity index (χ0n) is 12.3. The van der Waals surface area contributed by atoms with Crippen molar-refractivity contribution >= 4 is 18.3 Å². The van der Waals surface area contributed by atoms with Gasteiger partial charge in [-0.15, -0.1) is 12.4 Å². The molecule has 2 aromatic rings. The molecule has 5 nitrogen and oxygen atoms in total. The van der Waals surface area contributed by atoms with Gasteiger partial charge in [-0.1, -0.05) is 30.3 Å². The molecule has 1 aromatic heterocycles. The van der Waals surface area contributed by atoms with Gasteiger partial charge in [0.25, 0.3) is 0 Å². The normalized spacial score (nSPS) is 10.0. The van der Waals surface area contributed by atoms with Gasteiger partial charge < -0.3 is 11.1 Å². The Hall–Kier alpha value is -1.85. The molecule has 0 saturated carbocycles. The van der Waals surface area contributed by atoms with Crippen LogP contribution in [0.15, 0.2) is 30.3 Å². The van der Waals surface area contributed by atoms with E-state index in [1.54, 1.807) is 0 Å². The van der Waals surface area contributed by atoms with Crippen LogP contribution in [-0.4, -0.2) is 22.2 Å². The summed E-state index contributed by atoms with van der Waals surface area (Å²) in [5.41, 5.74) is 9.56. The number of nitrogens with one attached hydrogen (secondary N) is 1. The van der Waals surface area contributed by atoms with Crippen LogP contribution < -0.4 is 11.1 Å². The summed E-state index contributed by atoms with van der Waals surface area (Å²) < 4.78 is 1.97. The second-order valence-corrected chi connectivity index (χ2v) is 4.77. The highest BCUT2D eigenvalue weighted by atomic mass is 35.5. The van der Waals surface area contributed by atoms with E-state index in [1.807, 2.05) is 36.7 Å². The number of nitrogens with zero attached hydrogens (tertiary/aromatic N) is 2. The lowest BCUT2D eigenvalue weighted by molar-refractivity contribution is -0.119. The lowest BCUT2D eigenvalue weighted by Crippen LogP contribution is -2.30. The molecule has 6 heteroatoms. The molecule has 3 N–H and O–H groups in total. The van der Waals surface area contributed by atoms with E-state index in [0.29, 0.717) is 6.54 Å². The maximum Gasteiger partial charge on any atom is 0.234 e. The lowest BCUT2D eigenvalue weighted by atomic mass is 10.2. The summed E-state index contributed by atoms with van der Waals surface area (Å²) >= 11 is 0. The van der Waals surface area contributed by atoms with E-state index in [4.69, 9.17) is 5.73 Å². The molecule has 0 spiro atoms. The predicted octanol–water partition coefficient (Wildman–Crippen LogP) is 1.54. The van der Waals surface area contributed by atoms with Crippen molar-refractivity contribution in [3.63, 3.8) is 0 Å². The number of aromatic nitrogens is 2. The fraction of sp³-hybridized carbons (Fsp3) is 0.333. The van der Waals surface area contributed by atoms with Gasteiger partial charge in [-0.3, -0.25) is 9.48 Å². The number of aryl methyl sites for hydroxylation is 1. The van der Waals surface area contributed by atoms with Gasteiger partial charge in [0.15, 0.2) is 0 Å². The molecule has 114 valence electrons. The molecule has 0 radical (unpaired) electrons. The van der Waals surface area contributed by atoms with Gasteiger partial charge in [0, 0.05) is 17.8 Å². The number of nitrogens with two attached hydrogens (primary N) is 1. The Balaban J connectivity index is 0.00000220. The standard InChI is InChI=1S/C15H20N4O.ClH/c1-11-14(9-17-15(20)8-16)12(2)19(18-11)10-13-6-4-3-5-7-13;/h3-7H,8-10,16H2,1-2H3,(H,17,20);1H. The fourth-order valence-electron chi connectivity index (χ4n) is 2.16. The Bertz CT molecular complexity index is 595. The van der Waals surface area contributed by atoms with E-state index >= 15 is 0 Å². The molecule has 0 aliphatic rings. The minimum Gasteiger partial charge on any atom is -0.351 e. The van der Waals surface area contributed by atoms with Crippen LogP contribution in [0.5, 0.6) is 0 Å². The van der Waals surface area contributed by atoms with Crippen molar-refractivity contribution in [1.29, 1.82) is 0 Å². The molecule has 0 bridgehead atoms. The molecule has 0 aliphatic carbocycles. The van der Waals surface area contributed by atoms with Crippen LogP contribution in [0.4, 0.5) is 0 Å². The average molecular weight is 309 g/mol. The van der Waals surface area contributed by atoms with Gasteiger partial charge in [0.2, 0.25) is 5.91 Å². The first-order chi connectivity index (χ1) is 9.61. The monoisotopic (exact) mass is 308 g/mol. The molecule has 0 aliphatic heterocycles. The van der Waals surface area contributed by atoms with Gasteiger partial charge in [0.1, 0.15) is 0 Å². The summed E-state index contributed by atoms with van der Waals surface area (Å²) in [5, 5.41) is 7.33. The van der Waals surface area contributed by atoms with E-state index in [9.17, 15) is 4.79 Å². The quantitative estimate of drug-likeness (QED) is 0.880. The number of halogens is 1. The topological polar surface area (TPSA) is 72.9 Å². The van der Waals surface area contributed by atoms with Crippen molar-refractivity contribution in [2.45, 2.75) is 26.9 Å². The third kappa shape index (κ3) is 4.31. The van der Waals surface area contributed by atoms with E-state index in [0.717, 1.165) is 23.5 Å². The molecule has 0 fully saturated rings. The number of benzene rings is 1. The molecular weight excluding hydrogens is 288 g/mol. The molecule has 1 amide bonds. The Morgan fingerprint density at radius 2 is 1.95 bits per heavy atom. The maximum absolute atomic E-state index is 11.2. The van der Waals surface area contributed by atoms with Crippen molar-refractivity contribution < 1.29 is 4.79 Å². The van der Waals surface area contributed by atoms with E-state index in [1.165, 1.54) is 5.56 Å². The predicted molar refractivity (Wildman–Crippen MR) is 85.4 cm³/mol. The maximum atomic E-state index is 11.2. The van der Waals surface area contributed by atoms with E-state index in [2.05, 4.69) is 22.5 Å². The fourth-order valence-corrected chi connectivity index (χ4v) is 2.16. The van der Waals surface area contributed by atoms with Gasteiger partial charge >= 0.3 is 0 Å². The third-order valence-corrected chi connectivity index (χ3v) is 3.35. The molecule has 0 saturated heterocycles. The number of hydrogen-bond donors (Lipinski definition) is 2. The number of carbonyl (C=O) groups excluding carboxylic acids is 1. The van der Waals surface area contributed by atoms with Gasteiger partial charge in [-0.2, -0.15) is 5.10 Å². The van der Waals surface area contributed by atoms with E-state index < -0.39 is 0 Å². The summed E-state index contributed by atoms with van der Waals surface area (Å²) in [6.45, 7) is 5.20. The minimum absolute atomic E-state index is 0. The lowest BCUT2D eigenvalue weighted by Gasteiger charge is -2.06. The second kappa shape index (κ2) is 7.81. The van der Waals surface area contributed by atoms with Crippen LogP contribution in [0.2, 0.25) is 0 Å². The SMILES string of the molecule is Cc1nn(Cc2ccccc2)c(C)c1CNC(=O)CN.Cl. The van der Waals surface area contributed by atoms with Crippen molar-refractivity contribution in [2.75, 3.05) is 6.54 Å². The van der Waals surface area contributed by atoms with Gasteiger partial charge in [-0.25, -0.2) is 0 Å². The molecule has 21 heavy (non-hydrogen) atoms. The van der Waals surface area contributed by atoms with Crippen molar-refractivity contribution in [1.82, 2.24) is 15.1 Å². The molecule has 0 unspecified atom stereocenters. The second-order valence-electron chi connectivity index (χ2n) is 4.77. The Morgan fingerprint density at radius 1 is 1.29 bits per heavy atom. The van der Waals surface area contributed by atoms with Crippen molar-refractivity contribution in [2.24, 2.45) is 5.73 Å². The number of rotatable bonds is 5. The summed E-state index contributed by atoms with van der Waals surface area (Å²) in [6, 6.07) is 10.2. The minimum atomic E-state index is -0.153. The average Bonchev–Trinajstić information content (AvgIpc) is 2.72. The van der Waals surface area contributed by atoms with Crippen LogP contribution in [0.3, 0.4) is 0 Å². The zero-order valence-corrected chi connectivity index (χ0v) is 13.1. The van der Waals surface area contributed by atoms with Crippen LogP contribution in [0, 0.1) is 13.8 Å². The summed E-state index contributed by atoms with van der Waals surface area (Å²) in [6.07, 6.45) is 0. The number of amides is 1. The van der Waals surface area contributed by atoms with Gasteiger partial charge in [0.05, 0.1) is 18.8 Å². The molecule has 1 heterocycles. The first kappa shape index (κ1) is 17.2. The molecule has 1 aromatic carbocycles. The van der Waals surface area contributed by atoms with Crippen LogP contribution >= 0.6 is 12.4 Å². The zero-order chi connectivity index (χ0) is 14.5. The highest BCUT2D eigenvalue weighted by Gasteiger charge is 2.12. The van der Waals surface area contributed by atoms with Crippen molar-refractivity contribution in [3.8, 4) is 0 Å². The number of hydrogen-bond acceptors (Lipinski definition) is 3. The Morgan fingerprint density at radius 3 is 2.57 bits per heavy atom. The van der Waals surface area contributed by atoms with Gasteiger partial charge in [-0.05, 0) is 19.4 Å². The van der Waals surface area contributed by atoms with E-state index in [-0.39, 0.29) is 24.9 Å². The third-order valence-electron chi connectivity index (χ3n) is 3.35. The van der Waals surface area contributed by atoms with Crippen molar-refractivity contribution in [3.05, 3.63) is 52.8 Å². The number of carbonyl (C=O) groups is 1. The Kier molecular flexibility index (Phi) is 6.39. The first-order valence-electron chi connectivity index (χ1n) is 6.65. The largest absolute Gasteiger partial charge is 0.351 e. The molecular formula is C15H21ClN4O. The summed E-state index contributed by atoms with van der Waals surface area (Å²) in [4.78, 5) is 11.2. The highest BCUT2D eigenvalue weighted by molar-refractivity contribution is 5.85. The molecule has 2 rings (SSSR count). The summed E-state index contributed by atoms with van der Waals surface area (Å²) in [5.74, 6) is -0.153. The smallest absolute Gasteiger partial charge is 0.234 e. The van der Waals surface area contributed by atoms with Crippen LogP contribution in [-0.2, 0) is 17.9 Å². The Labute approximate surface area is 130 Å².